The van der Waals surface area contributed by atoms with Gasteiger partial charge >= 0.3 is 5.69 Å². The molecule has 18 heavy (non-hydrogen) atoms. The van der Waals surface area contributed by atoms with Gasteiger partial charge in [0.15, 0.2) is 10.6 Å². The van der Waals surface area contributed by atoms with Crippen molar-refractivity contribution < 1.29 is 13.7 Å². The van der Waals surface area contributed by atoms with Gasteiger partial charge in [-0.05, 0) is 18.3 Å². The van der Waals surface area contributed by atoms with Crippen molar-refractivity contribution in [2.24, 2.45) is 7.05 Å². The van der Waals surface area contributed by atoms with Crippen LogP contribution in [-0.4, -0.2) is 19.7 Å². The number of rotatable bonds is 2. The van der Waals surface area contributed by atoms with Gasteiger partial charge in [-0.25, -0.2) is 4.39 Å². The number of nitro benzene ring substituents is 1. The van der Waals surface area contributed by atoms with E-state index in [9.17, 15) is 18.9 Å². The zero-order valence-corrected chi connectivity index (χ0v) is 9.79. The van der Waals surface area contributed by atoms with E-state index in [-0.39, 0.29) is 16.2 Å². The van der Waals surface area contributed by atoms with E-state index in [1.807, 2.05) is 0 Å². The van der Waals surface area contributed by atoms with E-state index in [0.29, 0.717) is 6.07 Å². The molecule has 0 spiro atoms. The summed E-state index contributed by atoms with van der Waals surface area (Å²) in [7, 11) is 1.48. The number of nitrogens with one attached hydrogen (secondary N) is 1. The standard InChI is InChI=1S/C9H6F2N4O2S/c1-14-8(12-13-9(14)18)5-2-4(10)3-6(7(5)11)15(16)17/h2-3H,1H3,(H,13,18). The third-order valence-corrected chi connectivity index (χ3v) is 2.70. The second-order valence-corrected chi connectivity index (χ2v) is 3.84. The number of nitrogens with zero attached hydrogens (tertiary/aromatic N) is 3. The topological polar surface area (TPSA) is 76.8 Å². The number of benzene rings is 1. The molecule has 2 rings (SSSR count). The molecule has 0 amide bonds. The maximum absolute atomic E-state index is 13.9. The second-order valence-electron chi connectivity index (χ2n) is 3.45. The number of hydrogen-bond donors (Lipinski definition) is 1. The van der Waals surface area contributed by atoms with Crippen molar-refractivity contribution in [3.63, 3.8) is 0 Å². The molecule has 1 N–H and O–H groups in total. The van der Waals surface area contributed by atoms with Crippen LogP contribution < -0.4 is 0 Å². The lowest BCUT2D eigenvalue weighted by Gasteiger charge is -2.03. The first-order chi connectivity index (χ1) is 8.41. The lowest BCUT2D eigenvalue weighted by molar-refractivity contribution is -0.387. The van der Waals surface area contributed by atoms with Crippen molar-refractivity contribution >= 4 is 17.9 Å². The summed E-state index contributed by atoms with van der Waals surface area (Å²) in [5, 5.41) is 16.7. The Bertz CT molecular complexity index is 694. The monoisotopic (exact) mass is 272 g/mol. The Kier molecular flexibility index (Phi) is 2.91. The average Bonchev–Trinajstić information content (AvgIpc) is 2.62. The Labute approximate surface area is 104 Å². The first kappa shape index (κ1) is 12.3. The SMILES string of the molecule is Cn1c(-c2cc(F)cc([N+](=O)[O-])c2F)n[nH]c1=S. The normalized spacial score (nSPS) is 10.6. The van der Waals surface area contributed by atoms with Crippen LogP contribution >= 0.6 is 12.2 Å². The first-order valence-corrected chi connectivity index (χ1v) is 5.08. The van der Waals surface area contributed by atoms with Gasteiger partial charge in [-0.1, -0.05) is 0 Å². The molecule has 0 bridgehead atoms. The van der Waals surface area contributed by atoms with E-state index in [2.05, 4.69) is 10.2 Å². The van der Waals surface area contributed by atoms with Gasteiger partial charge in [-0.3, -0.25) is 15.2 Å². The van der Waals surface area contributed by atoms with Gasteiger partial charge in [0.25, 0.3) is 0 Å². The lowest BCUT2D eigenvalue weighted by Crippen LogP contribution is -2.00. The number of aromatic nitrogens is 3. The minimum atomic E-state index is -1.15. The molecule has 0 unspecified atom stereocenters. The molecule has 0 radical (unpaired) electrons. The smallest absolute Gasteiger partial charge is 0.303 e. The Morgan fingerprint density at radius 3 is 2.67 bits per heavy atom. The van der Waals surface area contributed by atoms with Crippen LogP contribution in [0.2, 0.25) is 0 Å². The lowest BCUT2D eigenvalue weighted by atomic mass is 10.1. The van der Waals surface area contributed by atoms with Gasteiger partial charge in [0, 0.05) is 7.05 Å². The van der Waals surface area contributed by atoms with Crippen molar-refractivity contribution in [3.8, 4) is 11.4 Å². The van der Waals surface area contributed by atoms with Crippen molar-refractivity contribution in [1.29, 1.82) is 0 Å². The Hall–Kier alpha value is -2.16. The third kappa shape index (κ3) is 1.88. The quantitative estimate of drug-likeness (QED) is 0.517. The van der Waals surface area contributed by atoms with Crippen molar-refractivity contribution in [2.45, 2.75) is 0 Å². The molecule has 1 heterocycles. The molecule has 0 saturated heterocycles. The average molecular weight is 272 g/mol. The summed E-state index contributed by atoms with van der Waals surface area (Å²) in [6.45, 7) is 0. The van der Waals surface area contributed by atoms with Crippen molar-refractivity contribution in [2.75, 3.05) is 0 Å². The fourth-order valence-corrected chi connectivity index (χ4v) is 1.59. The van der Waals surface area contributed by atoms with Crippen LogP contribution in [-0.2, 0) is 7.05 Å². The minimum absolute atomic E-state index is 0.0138. The number of hydrogen-bond acceptors (Lipinski definition) is 4. The highest BCUT2D eigenvalue weighted by Crippen LogP contribution is 2.28. The molecule has 2 aromatic rings. The number of nitro groups is 1. The van der Waals surface area contributed by atoms with E-state index in [1.165, 1.54) is 11.6 Å². The summed E-state index contributed by atoms with van der Waals surface area (Å²) in [5.74, 6) is -2.09. The van der Waals surface area contributed by atoms with Crippen LogP contribution in [0.15, 0.2) is 12.1 Å². The largest absolute Gasteiger partial charge is 0.308 e. The predicted molar refractivity (Wildman–Crippen MR) is 60.4 cm³/mol. The Balaban J connectivity index is 2.76. The molecular weight excluding hydrogens is 266 g/mol. The van der Waals surface area contributed by atoms with Crippen LogP contribution in [0.3, 0.4) is 0 Å². The highest BCUT2D eigenvalue weighted by atomic mass is 32.1. The van der Waals surface area contributed by atoms with Crippen LogP contribution in [0.4, 0.5) is 14.5 Å². The fourth-order valence-electron chi connectivity index (χ4n) is 1.46. The van der Waals surface area contributed by atoms with Crippen LogP contribution in [0.1, 0.15) is 0 Å². The Morgan fingerprint density at radius 2 is 2.17 bits per heavy atom. The number of aromatic amines is 1. The van der Waals surface area contributed by atoms with E-state index in [4.69, 9.17) is 12.2 Å². The molecule has 0 aliphatic rings. The summed E-state index contributed by atoms with van der Waals surface area (Å²) in [6, 6.07) is 1.34. The van der Waals surface area contributed by atoms with E-state index >= 15 is 0 Å². The molecule has 0 atom stereocenters. The molecule has 0 aliphatic heterocycles. The van der Waals surface area contributed by atoms with Gasteiger partial charge in [0.2, 0.25) is 5.82 Å². The molecule has 1 aromatic carbocycles. The van der Waals surface area contributed by atoms with Crippen molar-refractivity contribution in [1.82, 2.24) is 14.8 Å². The van der Waals surface area contributed by atoms with Gasteiger partial charge < -0.3 is 4.57 Å². The van der Waals surface area contributed by atoms with Gasteiger partial charge in [-0.15, -0.1) is 0 Å². The summed E-state index contributed by atoms with van der Waals surface area (Å²) in [4.78, 5) is 9.59. The minimum Gasteiger partial charge on any atom is -0.303 e. The first-order valence-electron chi connectivity index (χ1n) is 4.67. The summed E-state index contributed by atoms with van der Waals surface area (Å²) in [6.07, 6.45) is 0. The van der Waals surface area contributed by atoms with Crippen molar-refractivity contribution in [3.05, 3.63) is 38.7 Å². The molecular formula is C9H6F2N4O2S. The van der Waals surface area contributed by atoms with E-state index < -0.39 is 22.2 Å². The maximum atomic E-state index is 13.9. The van der Waals surface area contributed by atoms with E-state index in [0.717, 1.165) is 6.07 Å². The van der Waals surface area contributed by atoms with Gasteiger partial charge in [0.05, 0.1) is 16.6 Å². The predicted octanol–water partition coefficient (Wildman–Crippen LogP) is 2.33. The molecule has 94 valence electrons. The molecule has 0 fully saturated rings. The highest BCUT2D eigenvalue weighted by molar-refractivity contribution is 7.71. The zero-order chi connectivity index (χ0) is 13.4. The fraction of sp³-hybridized carbons (Fsp3) is 0.111. The van der Waals surface area contributed by atoms with Gasteiger partial charge in [-0.2, -0.15) is 9.49 Å². The van der Waals surface area contributed by atoms with Gasteiger partial charge in [0.1, 0.15) is 5.82 Å². The van der Waals surface area contributed by atoms with E-state index in [1.54, 1.807) is 0 Å². The summed E-state index contributed by atoms with van der Waals surface area (Å²) >= 11 is 4.83. The molecule has 1 aromatic heterocycles. The summed E-state index contributed by atoms with van der Waals surface area (Å²) in [5.41, 5.74) is -1.27. The maximum Gasteiger partial charge on any atom is 0.308 e. The highest BCUT2D eigenvalue weighted by Gasteiger charge is 2.23. The molecule has 6 nitrogen and oxygen atoms in total. The second kappa shape index (κ2) is 4.26. The van der Waals surface area contributed by atoms with Crippen LogP contribution in [0.5, 0.6) is 0 Å². The molecule has 9 heteroatoms. The van der Waals surface area contributed by atoms with Crippen LogP contribution in [0.25, 0.3) is 11.4 Å². The summed E-state index contributed by atoms with van der Waals surface area (Å²) < 4.78 is 28.6. The molecule has 0 aliphatic carbocycles. The Morgan fingerprint density at radius 1 is 1.50 bits per heavy atom. The number of halogens is 2. The molecule has 0 saturated carbocycles. The zero-order valence-electron chi connectivity index (χ0n) is 8.98. The van der Waals surface area contributed by atoms with Crippen LogP contribution in [0, 0.1) is 26.5 Å². The third-order valence-electron chi connectivity index (χ3n) is 2.34. The number of H-pyrrole nitrogens is 1.